The number of ether oxygens (including phenoxy) is 3. The van der Waals surface area contributed by atoms with E-state index in [4.69, 9.17) is 30.8 Å². The number of hydrogen-bond donors (Lipinski definition) is 1. The van der Waals surface area contributed by atoms with Crippen molar-refractivity contribution in [3.8, 4) is 17.3 Å². The van der Waals surface area contributed by atoms with E-state index in [0.29, 0.717) is 67.3 Å². The van der Waals surface area contributed by atoms with Gasteiger partial charge in [-0.05, 0) is 37.5 Å². The number of rotatable bonds is 6. The van der Waals surface area contributed by atoms with Crippen LogP contribution in [0, 0.1) is 0 Å². The molecule has 3 atom stereocenters. The fourth-order valence-electron chi connectivity index (χ4n) is 5.44. The van der Waals surface area contributed by atoms with Crippen LogP contribution in [0.15, 0.2) is 30.3 Å². The van der Waals surface area contributed by atoms with E-state index < -0.39 is 10.0 Å². The van der Waals surface area contributed by atoms with Gasteiger partial charge < -0.3 is 24.1 Å². The summed E-state index contributed by atoms with van der Waals surface area (Å²) < 4.78 is 44.2. The van der Waals surface area contributed by atoms with E-state index in [2.05, 4.69) is 14.9 Å². The van der Waals surface area contributed by atoms with E-state index in [-0.39, 0.29) is 23.6 Å². The SMILES string of the molecule is O=S(=O)(C1CC1)N1CCN(c2ccc(-c3nc4nc(OC5COC6CCOC65)[nH]c4cc3Cl)cc2)CC1. The van der Waals surface area contributed by atoms with Crippen LogP contribution in [0.2, 0.25) is 5.02 Å². The number of aromatic amines is 1. The van der Waals surface area contributed by atoms with E-state index in [9.17, 15) is 8.42 Å². The quantitative estimate of drug-likeness (QED) is 0.503. The van der Waals surface area contributed by atoms with Crippen molar-refractivity contribution in [3.63, 3.8) is 0 Å². The minimum Gasteiger partial charge on any atom is -0.456 e. The van der Waals surface area contributed by atoms with E-state index in [1.807, 2.05) is 30.3 Å². The van der Waals surface area contributed by atoms with Crippen molar-refractivity contribution in [2.75, 3.05) is 44.3 Å². The average molecular weight is 546 g/mol. The van der Waals surface area contributed by atoms with Crippen molar-refractivity contribution in [1.29, 1.82) is 0 Å². The molecule has 2 aromatic heterocycles. The van der Waals surface area contributed by atoms with Crippen molar-refractivity contribution in [2.24, 2.45) is 0 Å². The number of imidazole rings is 1. The number of pyridine rings is 1. The molecule has 0 spiro atoms. The van der Waals surface area contributed by atoms with Crippen molar-refractivity contribution in [3.05, 3.63) is 35.4 Å². The normalized spacial score (nSPS) is 26.6. The van der Waals surface area contributed by atoms with Crippen LogP contribution in [0.3, 0.4) is 0 Å². The lowest BCUT2D eigenvalue weighted by molar-refractivity contribution is 0.0273. The molecule has 4 fully saturated rings. The molecule has 3 saturated heterocycles. The number of benzene rings is 1. The Hall–Kier alpha value is -2.44. The van der Waals surface area contributed by atoms with Crippen LogP contribution in [-0.2, 0) is 19.5 Å². The first-order valence-electron chi connectivity index (χ1n) is 12.8. The molecule has 5 heterocycles. The molecule has 3 aliphatic heterocycles. The topological polar surface area (TPSA) is 110 Å². The summed E-state index contributed by atoms with van der Waals surface area (Å²) in [4.78, 5) is 14.6. The standard InChI is InChI=1S/C25H28ClN5O5S/c26-18-13-19-24(29-25(27-19)36-21-14-35-20-7-12-34-23(20)21)28-22(18)15-1-3-16(4-2-15)30-8-10-31(11-9-30)37(32,33)17-5-6-17/h1-4,13,17,20-21,23H,5-12,14H2,(H,27,28,29). The number of piperazine rings is 1. The maximum atomic E-state index is 12.5. The first-order valence-corrected chi connectivity index (χ1v) is 14.6. The second kappa shape index (κ2) is 9.09. The second-order valence-electron chi connectivity index (χ2n) is 10.1. The zero-order chi connectivity index (χ0) is 25.1. The van der Waals surface area contributed by atoms with E-state index in [0.717, 1.165) is 30.5 Å². The number of aromatic nitrogens is 3. The molecule has 12 heteroatoms. The molecular weight excluding hydrogens is 518 g/mol. The summed E-state index contributed by atoms with van der Waals surface area (Å²) in [6.07, 6.45) is 2.31. The first-order chi connectivity index (χ1) is 18.0. The van der Waals surface area contributed by atoms with Crippen molar-refractivity contribution >= 4 is 38.5 Å². The Balaban J connectivity index is 1.05. The summed E-state index contributed by atoms with van der Waals surface area (Å²) in [6, 6.07) is 10.2. The van der Waals surface area contributed by atoms with Gasteiger partial charge in [0.2, 0.25) is 10.0 Å². The molecule has 196 valence electrons. The molecule has 3 aromatic rings. The highest BCUT2D eigenvalue weighted by atomic mass is 35.5. The highest BCUT2D eigenvalue weighted by Crippen LogP contribution is 2.34. The highest BCUT2D eigenvalue weighted by molar-refractivity contribution is 7.90. The smallest absolute Gasteiger partial charge is 0.296 e. The fourth-order valence-corrected chi connectivity index (χ4v) is 7.52. The van der Waals surface area contributed by atoms with Crippen LogP contribution in [0.5, 0.6) is 6.01 Å². The number of sulfonamides is 1. The Kier molecular flexibility index (Phi) is 5.81. The van der Waals surface area contributed by atoms with Crippen LogP contribution in [0.1, 0.15) is 19.3 Å². The van der Waals surface area contributed by atoms with Crippen molar-refractivity contribution in [1.82, 2.24) is 19.3 Å². The maximum absolute atomic E-state index is 12.5. The lowest BCUT2D eigenvalue weighted by Crippen LogP contribution is -2.49. The van der Waals surface area contributed by atoms with Gasteiger partial charge in [0.05, 0.1) is 34.2 Å². The van der Waals surface area contributed by atoms with Crippen LogP contribution in [0.25, 0.3) is 22.4 Å². The molecule has 1 saturated carbocycles. The summed E-state index contributed by atoms with van der Waals surface area (Å²) in [7, 11) is -3.12. The lowest BCUT2D eigenvalue weighted by atomic mass is 10.1. The number of halogens is 1. The Morgan fingerprint density at radius 3 is 2.57 bits per heavy atom. The first kappa shape index (κ1) is 23.7. The monoisotopic (exact) mass is 545 g/mol. The average Bonchev–Trinajstić information content (AvgIpc) is 3.39. The Bertz CT molecular complexity index is 1420. The summed E-state index contributed by atoms with van der Waals surface area (Å²) in [5.41, 5.74) is 3.78. The van der Waals surface area contributed by atoms with Gasteiger partial charge in [0, 0.05) is 44.0 Å². The number of anilines is 1. The molecule has 7 rings (SSSR count). The summed E-state index contributed by atoms with van der Waals surface area (Å²) in [5, 5.41) is 0.355. The zero-order valence-corrected chi connectivity index (χ0v) is 21.7. The zero-order valence-electron chi connectivity index (χ0n) is 20.2. The minimum atomic E-state index is -3.12. The molecule has 3 unspecified atom stereocenters. The van der Waals surface area contributed by atoms with Crippen LogP contribution in [0.4, 0.5) is 5.69 Å². The molecule has 0 radical (unpaired) electrons. The third-order valence-corrected chi connectivity index (χ3v) is 10.3. The van der Waals surface area contributed by atoms with Gasteiger partial charge in [-0.1, -0.05) is 23.7 Å². The van der Waals surface area contributed by atoms with Crippen molar-refractivity contribution in [2.45, 2.75) is 42.8 Å². The van der Waals surface area contributed by atoms with E-state index in [1.165, 1.54) is 0 Å². The van der Waals surface area contributed by atoms with Gasteiger partial charge in [-0.2, -0.15) is 9.29 Å². The second-order valence-corrected chi connectivity index (χ2v) is 12.7. The number of nitrogens with one attached hydrogen (secondary N) is 1. The molecule has 1 aliphatic carbocycles. The van der Waals surface area contributed by atoms with E-state index >= 15 is 0 Å². The molecule has 0 bridgehead atoms. The molecule has 1 N–H and O–H groups in total. The summed E-state index contributed by atoms with van der Waals surface area (Å²) >= 11 is 6.60. The number of nitrogens with zero attached hydrogens (tertiary/aromatic N) is 4. The van der Waals surface area contributed by atoms with Crippen LogP contribution >= 0.6 is 11.6 Å². The molecule has 1 aromatic carbocycles. The fraction of sp³-hybridized carbons (Fsp3) is 0.520. The Morgan fingerprint density at radius 2 is 1.81 bits per heavy atom. The van der Waals surface area contributed by atoms with Gasteiger partial charge in [0.15, 0.2) is 11.8 Å². The van der Waals surface area contributed by atoms with Gasteiger partial charge in [0.1, 0.15) is 6.10 Å². The minimum absolute atomic E-state index is 0.0654. The van der Waals surface area contributed by atoms with E-state index in [1.54, 1.807) is 4.31 Å². The summed E-state index contributed by atoms with van der Waals surface area (Å²) in [6.45, 7) is 3.55. The highest BCUT2D eigenvalue weighted by Gasteiger charge is 2.44. The third kappa shape index (κ3) is 4.36. The molecule has 0 amide bonds. The molecule has 37 heavy (non-hydrogen) atoms. The number of fused-ring (bicyclic) bond motifs is 2. The van der Waals surface area contributed by atoms with Gasteiger partial charge in [0.25, 0.3) is 6.01 Å². The van der Waals surface area contributed by atoms with Gasteiger partial charge in [-0.15, -0.1) is 0 Å². The van der Waals surface area contributed by atoms with Gasteiger partial charge in [-0.3, -0.25) is 0 Å². The molecular formula is C25H28ClN5O5S. The maximum Gasteiger partial charge on any atom is 0.296 e. The Morgan fingerprint density at radius 1 is 1.03 bits per heavy atom. The van der Waals surface area contributed by atoms with Crippen molar-refractivity contribution < 1.29 is 22.6 Å². The van der Waals surface area contributed by atoms with Crippen LogP contribution < -0.4 is 9.64 Å². The molecule has 4 aliphatic rings. The Labute approximate surface area is 219 Å². The van der Waals surface area contributed by atoms with Gasteiger partial charge in [-0.25, -0.2) is 13.4 Å². The molecule has 10 nitrogen and oxygen atoms in total. The number of H-pyrrole nitrogens is 1. The predicted octanol–water partition coefficient (Wildman–Crippen LogP) is 2.83. The van der Waals surface area contributed by atoms with Gasteiger partial charge >= 0.3 is 0 Å². The number of hydrogen-bond acceptors (Lipinski definition) is 8. The predicted molar refractivity (Wildman–Crippen MR) is 139 cm³/mol. The summed E-state index contributed by atoms with van der Waals surface area (Å²) in [5.74, 6) is 0. The largest absolute Gasteiger partial charge is 0.456 e. The van der Waals surface area contributed by atoms with Crippen LogP contribution in [-0.4, -0.2) is 90.6 Å². The lowest BCUT2D eigenvalue weighted by Gasteiger charge is -2.35. The third-order valence-electron chi connectivity index (χ3n) is 7.64.